The number of aryl methyl sites for hydroxylation is 2. The standard InChI is InChI=1S/C23H23N3O4/c1-13-9-14(2)15-11-18(24-17(15)10-13)21(28)30-12-20(27)26-19-8-6-5-7-16(19)25-22(29)23(26,3)4/h5-11,24H,12H2,1-4H3,(H,25,29). The molecule has 1 aliphatic rings. The minimum absolute atomic E-state index is 0.280. The van der Waals surface area contributed by atoms with Crippen LogP contribution in [-0.4, -0.2) is 34.9 Å². The molecule has 1 aliphatic heterocycles. The Kier molecular flexibility index (Phi) is 4.61. The third kappa shape index (κ3) is 3.22. The van der Waals surface area contributed by atoms with Gasteiger partial charge in [-0.15, -0.1) is 0 Å². The minimum atomic E-state index is -1.12. The molecule has 2 aromatic carbocycles. The number of benzene rings is 2. The second kappa shape index (κ2) is 7.02. The predicted octanol–water partition coefficient (Wildman–Crippen LogP) is 3.71. The van der Waals surface area contributed by atoms with Crippen molar-refractivity contribution in [3.8, 4) is 0 Å². The molecule has 0 saturated carbocycles. The summed E-state index contributed by atoms with van der Waals surface area (Å²) in [6, 6.07) is 12.8. The fourth-order valence-electron chi connectivity index (χ4n) is 3.88. The zero-order valence-corrected chi connectivity index (χ0v) is 17.3. The van der Waals surface area contributed by atoms with Gasteiger partial charge in [-0.05, 0) is 63.1 Å². The average molecular weight is 405 g/mol. The third-order valence-corrected chi connectivity index (χ3v) is 5.39. The number of rotatable bonds is 3. The number of aromatic amines is 1. The summed E-state index contributed by atoms with van der Waals surface area (Å²) < 4.78 is 5.29. The van der Waals surface area contributed by atoms with Gasteiger partial charge in [0.05, 0.1) is 11.4 Å². The smallest absolute Gasteiger partial charge is 0.355 e. The van der Waals surface area contributed by atoms with Gasteiger partial charge in [0, 0.05) is 10.9 Å². The van der Waals surface area contributed by atoms with Crippen LogP contribution in [0.4, 0.5) is 11.4 Å². The van der Waals surface area contributed by atoms with E-state index in [1.165, 1.54) is 4.90 Å². The Labute approximate surface area is 174 Å². The lowest BCUT2D eigenvalue weighted by Gasteiger charge is -2.41. The number of amides is 2. The quantitative estimate of drug-likeness (QED) is 0.650. The summed E-state index contributed by atoms with van der Waals surface area (Å²) in [5.41, 5.74) is 3.25. The number of carbonyl (C=O) groups is 3. The molecule has 154 valence electrons. The van der Waals surface area contributed by atoms with E-state index in [1.807, 2.05) is 26.0 Å². The van der Waals surface area contributed by atoms with Crippen molar-refractivity contribution in [2.45, 2.75) is 33.2 Å². The van der Waals surface area contributed by atoms with Crippen molar-refractivity contribution in [1.82, 2.24) is 4.98 Å². The molecule has 0 fully saturated rings. The molecule has 0 bridgehead atoms. The lowest BCUT2D eigenvalue weighted by Crippen LogP contribution is -2.59. The summed E-state index contributed by atoms with van der Waals surface area (Å²) in [6.45, 7) is 6.79. The van der Waals surface area contributed by atoms with Crippen molar-refractivity contribution in [3.05, 3.63) is 59.3 Å². The van der Waals surface area contributed by atoms with Gasteiger partial charge in [0.2, 0.25) is 5.91 Å². The highest BCUT2D eigenvalue weighted by atomic mass is 16.5. The number of esters is 1. The Morgan fingerprint density at radius 1 is 1.10 bits per heavy atom. The van der Waals surface area contributed by atoms with Gasteiger partial charge < -0.3 is 15.0 Å². The summed E-state index contributed by atoms with van der Waals surface area (Å²) in [5.74, 6) is -1.40. The molecule has 0 aliphatic carbocycles. The first-order valence-electron chi connectivity index (χ1n) is 9.69. The molecule has 0 saturated heterocycles. The molecule has 3 aromatic rings. The van der Waals surface area contributed by atoms with Crippen LogP contribution in [0, 0.1) is 13.8 Å². The van der Waals surface area contributed by atoms with E-state index in [9.17, 15) is 14.4 Å². The van der Waals surface area contributed by atoms with Crippen LogP contribution in [0.2, 0.25) is 0 Å². The van der Waals surface area contributed by atoms with E-state index in [1.54, 1.807) is 44.2 Å². The Hall–Kier alpha value is -3.61. The first kappa shape index (κ1) is 19.7. The Morgan fingerprint density at radius 3 is 2.60 bits per heavy atom. The Bertz CT molecular complexity index is 1190. The number of nitrogens with zero attached hydrogens (tertiary/aromatic N) is 1. The van der Waals surface area contributed by atoms with Gasteiger partial charge in [0.1, 0.15) is 11.2 Å². The first-order chi connectivity index (χ1) is 14.2. The summed E-state index contributed by atoms with van der Waals surface area (Å²) in [6.07, 6.45) is 0. The lowest BCUT2D eigenvalue weighted by molar-refractivity contribution is -0.128. The molecular weight excluding hydrogens is 382 g/mol. The second-order valence-electron chi connectivity index (χ2n) is 8.06. The number of ether oxygens (including phenoxy) is 1. The van der Waals surface area contributed by atoms with Crippen molar-refractivity contribution >= 4 is 40.1 Å². The van der Waals surface area contributed by atoms with E-state index in [2.05, 4.69) is 10.3 Å². The van der Waals surface area contributed by atoms with Crippen LogP contribution < -0.4 is 10.2 Å². The third-order valence-electron chi connectivity index (χ3n) is 5.39. The highest BCUT2D eigenvalue weighted by molar-refractivity contribution is 6.14. The molecule has 0 unspecified atom stereocenters. The van der Waals surface area contributed by atoms with E-state index < -0.39 is 24.0 Å². The zero-order valence-electron chi connectivity index (χ0n) is 17.3. The number of fused-ring (bicyclic) bond motifs is 2. The normalized spacial score (nSPS) is 14.9. The van der Waals surface area contributed by atoms with Gasteiger partial charge in [-0.3, -0.25) is 14.5 Å². The lowest BCUT2D eigenvalue weighted by atomic mass is 9.96. The molecule has 0 spiro atoms. The second-order valence-corrected chi connectivity index (χ2v) is 8.06. The van der Waals surface area contributed by atoms with Crippen LogP contribution in [0.3, 0.4) is 0 Å². The molecule has 1 aromatic heterocycles. The number of anilines is 2. The molecule has 4 rings (SSSR count). The van der Waals surface area contributed by atoms with Crippen molar-refractivity contribution in [2.75, 3.05) is 16.8 Å². The van der Waals surface area contributed by atoms with Gasteiger partial charge in [0.25, 0.3) is 5.91 Å². The van der Waals surface area contributed by atoms with Crippen LogP contribution >= 0.6 is 0 Å². The number of aromatic nitrogens is 1. The van der Waals surface area contributed by atoms with Crippen molar-refractivity contribution in [2.24, 2.45) is 0 Å². The maximum absolute atomic E-state index is 13.0. The predicted molar refractivity (Wildman–Crippen MR) is 115 cm³/mol. The summed E-state index contributed by atoms with van der Waals surface area (Å²) in [7, 11) is 0. The van der Waals surface area contributed by atoms with E-state index >= 15 is 0 Å². The van der Waals surface area contributed by atoms with Gasteiger partial charge in [-0.25, -0.2) is 4.79 Å². The van der Waals surface area contributed by atoms with E-state index in [0.717, 1.165) is 22.0 Å². The molecule has 2 N–H and O–H groups in total. The Balaban J connectivity index is 1.55. The van der Waals surface area contributed by atoms with Crippen LogP contribution in [0.25, 0.3) is 10.9 Å². The average Bonchev–Trinajstić information content (AvgIpc) is 3.11. The van der Waals surface area contributed by atoms with Crippen LogP contribution in [0.5, 0.6) is 0 Å². The highest BCUT2D eigenvalue weighted by Crippen LogP contribution is 2.36. The van der Waals surface area contributed by atoms with E-state index in [0.29, 0.717) is 11.4 Å². The molecule has 7 nitrogen and oxygen atoms in total. The first-order valence-corrected chi connectivity index (χ1v) is 9.69. The molecule has 30 heavy (non-hydrogen) atoms. The Morgan fingerprint density at radius 2 is 1.83 bits per heavy atom. The van der Waals surface area contributed by atoms with Crippen molar-refractivity contribution in [1.29, 1.82) is 0 Å². The SMILES string of the molecule is Cc1cc(C)c2cc(C(=O)OCC(=O)N3c4ccccc4NC(=O)C3(C)C)[nH]c2c1. The summed E-state index contributed by atoms with van der Waals surface area (Å²) in [4.78, 5) is 42.5. The van der Waals surface area contributed by atoms with Crippen LogP contribution in [0.15, 0.2) is 42.5 Å². The summed E-state index contributed by atoms with van der Waals surface area (Å²) in [5, 5.41) is 3.74. The topological polar surface area (TPSA) is 91.5 Å². The fraction of sp³-hybridized carbons (Fsp3) is 0.261. The number of hydrogen-bond donors (Lipinski definition) is 2. The number of hydrogen-bond acceptors (Lipinski definition) is 4. The number of nitrogens with one attached hydrogen (secondary N) is 2. The molecule has 7 heteroatoms. The molecule has 0 radical (unpaired) electrons. The minimum Gasteiger partial charge on any atom is -0.451 e. The molecule has 0 atom stereocenters. The largest absolute Gasteiger partial charge is 0.451 e. The number of carbonyl (C=O) groups excluding carboxylic acids is 3. The molecule has 2 heterocycles. The van der Waals surface area contributed by atoms with E-state index in [4.69, 9.17) is 4.74 Å². The maximum atomic E-state index is 13.0. The van der Waals surface area contributed by atoms with Gasteiger partial charge in [-0.1, -0.05) is 18.2 Å². The van der Waals surface area contributed by atoms with Gasteiger partial charge in [0.15, 0.2) is 6.61 Å². The van der Waals surface area contributed by atoms with Crippen LogP contribution in [-0.2, 0) is 14.3 Å². The zero-order chi connectivity index (χ0) is 21.6. The van der Waals surface area contributed by atoms with Crippen molar-refractivity contribution < 1.29 is 19.1 Å². The maximum Gasteiger partial charge on any atom is 0.355 e. The number of para-hydroxylation sites is 2. The van der Waals surface area contributed by atoms with Gasteiger partial charge in [-0.2, -0.15) is 0 Å². The van der Waals surface area contributed by atoms with Crippen LogP contribution in [0.1, 0.15) is 35.5 Å². The van der Waals surface area contributed by atoms with E-state index in [-0.39, 0.29) is 11.6 Å². The molecular formula is C23H23N3O4. The number of H-pyrrole nitrogens is 1. The summed E-state index contributed by atoms with van der Waals surface area (Å²) >= 11 is 0. The van der Waals surface area contributed by atoms with Crippen molar-refractivity contribution in [3.63, 3.8) is 0 Å². The van der Waals surface area contributed by atoms with Gasteiger partial charge >= 0.3 is 5.97 Å². The monoisotopic (exact) mass is 405 g/mol. The highest BCUT2D eigenvalue weighted by Gasteiger charge is 2.43. The molecule has 2 amide bonds. The fourth-order valence-corrected chi connectivity index (χ4v) is 3.88.